The van der Waals surface area contributed by atoms with Gasteiger partial charge in [0.05, 0.1) is 7.11 Å². The molecule has 0 atom stereocenters. The van der Waals surface area contributed by atoms with Crippen LogP contribution >= 0.6 is 0 Å². The van der Waals surface area contributed by atoms with Crippen molar-refractivity contribution in [2.75, 3.05) is 38.6 Å². The number of ether oxygens (including phenoxy) is 1. The third-order valence-corrected chi connectivity index (χ3v) is 2.74. The summed E-state index contributed by atoms with van der Waals surface area (Å²) in [5.41, 5.74) is 0. The number of aromatic nitrogens is 2. The Bertz CT molecular complexity index is 357. The van der Waals surface area contributed by atoms with Gasteiger partial charge in [0.15, 0.2) is 0 Å². The van der Waals surface area contributed by atoms with E-state index in [0.717, 1.165) is 37.8 Å². The van der Waals surface area contributed by atoms with Crippen LogP contribution in [0.25, 0.3) is 0 Å². The van der Waals surface area contributed by atoms with Gasteiger partial charge >= 0.3 is 0 Å². The Morgan fingerprint density at radius 1 is 1.28 bits per heavy atom. The Morgan fingerprint density at radius 3 is 2.67 bits per heavy atom. The third-order valence-electron chi connectivity index (χ3n) is 2.74. The molecule has 0 bridgehead atoms. The first-order chi connectivity index (χ1) is 8.69. The summed E-state index contributed by atoms with van der Waals surface area (Å²) in [5, 5.41) is 3.31. The fourth-order valence-corrected chi connectivity index (χ4v) is 1.82. The molecule has 0 aliphatic rings. The SMILES string of the molecule is CCCN(CC)CCNc1cc(OC)nc(C)n1. The molecule has 18 heavy (non-hydrogen) atoms. The normalized spacial score (nSPS) is 10.7. The summed E-state index contributed by atoms with van der Waals surface area (Å²) in [5.74, 6) is 2.15. The predicted octanol–water partition coefficient (Wildman–Crippen LogP) is 1.94. The van der Waals surface area contributed by atoms with E-state index in [-0.39, 0.29) is 0 Å². The Kier molecular flexibility index (Phi) is 6.43. The van der Waals surface area contributed by atoms with Crippen LogP contribution in [-0.2, 0) is 0 Å². The average molecular weight is 252 g/mol. The maximum Gasteiger partial charge on any atom is 0.218 e. The fourth-order valence-electron chi connectivity index (χ4n) is 1.82. The first kappa shape index (κ1) is 14.7. The van der Waals surface area contributed by atoms with E-state index in [4.69, 9.17) is 4.74 Å². The molecule has 0 aliphatic heterocycles. The minimum atomic E-state index is 0.603. The molecule has 1 aromatic rings. The first-order valence-electron chi connectivity index (χ1n) is 6.55. The van der Waals surface area contributed by atoms with E-state index in [9.17, 15) is 0 Å². The van der Waals surface area contributed by atoms with Crippen molar-refractivity contribution in [2.45, 2.75) is 27.2 Å². The lowest BCUT2D eigenvalue weighted by Gasteiger charge is -2.19. The van der Waals surface area contributed by atoms with Crippen LogP contribution in [0.15, 0.2) is 6.07 Å². The van der Waals surface area contributed by atoms with Gasteiger partial charge in [0.1, 0.15) is 11.6 Å². The first-order valence-corrected chi connectivity index (χ1v) is 6.55. The lowest BCUT2D eigenvalue weighted by molar-refractivity contribution is 0.300. The van der Waals surface area contributed by atoms with Gasteiger partial charge in [0.2, 0.25) is 5.88 Å². The number of hydrogen-bond donors (Lipinski definition) is 1. The Labute approximate surface area is 110 Å². The van der Waals surface area contributed by atoms with E-state index < -0.39 is 0 Å². The van der Waals surface area contributed by atoms with Crippen LogP contribution in [0.3, 0.4) is 0 Å². The van der Waals surface area contributed by atoms with Gasteiger partial charge in [0.25, 0.3) is 0 Å². The standard InChI is InChI=1S/C13H24N4O/c1-5-8-17(6-2)9-7-14-12-10-13(18-4)16-11(3)15-12/h10H,5-9H2,1-4H3,(H,14,15,16). The lowest BCUT2D eigenvalue weighted by Crippen LogP contribution is -2.29. The molecule has 1 N–H and O–H groups in total. The van der Waals surface area contributed by atoms with Crippen LogP contribution in [0, 0.1) is 6.92 Å². The molecule has 1 aromatic heterocycles. The van der Waals surface area contributed by atoms with Gasteiger partial charge in [-0.05, 0) is 26.4 Å². The van der Waals surface area contributed by atoms with Crippen LogP contribution in [0.4, 0.5) is 5.82 Å². The van der Waals surface area contributed by atoms with E-state index in [2.05, 4.69) is 34.0 Å². The van der Waals surface area contributed by atoms with Crippen molar-refractivity contribution in [3.8, 4) is 5.88 Å². The highest BCUT2D eigenvalue weighted by Crippen LogP contribution is 2.12. The van der Waals surface area contributed by atoms with E-state index in [1.54, 1.807) is 7.11 Å². The minimum absolute atomic E-state index is 0.603. The topological polar surface area (TPSA) is 50.3 Å². The molecule has 102 valence electrons. The van der Waals surface area contributed by atoms with Crippen molar-refractivity contribution in [3.63, 3.8) is 0 Å². The lowest BCUT2D eigenvalue weighted by atomic mass is 10.4. The van der Waals surface area contributed by atoms with Crippen LogP contribution < -0.4 is 10.1 Å². The molecule has 0 radical (unpaired) electrons. The van der Waals surface area contributed by atoms with Gasteiger partial charge in [0, 0.05) is 19.2 Å². The molecule has 0 fully saturated rings. The molecule has 5 heteroatoms. The van der Waals surface area contributed by atoms with E-state index in [1.807, 2.05) is 13.0 Å². The van der Waals surface area contributed by atoms with Crippen molar-refractivity contribution in [1.82, 2.24) is 14.9 Å². The highest BCUT2D eigenvalue weighted by molar-refractivity contribution is 5.38. The molecule has 0 saturated carbocycles. The maximum atomic E-state index is 5.12. The largest absolute Gasteiger partial charge is 0.481 e. The van der Waals surface area contributed by atoms with Gasteiger partial charge in [-0.3, -0.25) is 0 Å². The number of nitrogens with zero attached hydrogens (tertiary/aromatic N) is 3. The summed E-state index contributed by atoms with van der Waals surface area (Å²) >= 11 is 0. The van der Waals surface area contributed by atoms with Crippen LogP contribution in [-0.4, -0.2) is 48.2 Å². The van der Waals surface area contributed by atoms with Crippen molar-refractivity contribution in [1.29, 1.82) is 0 Å². The monoisotopic (exact) mass is 252 g/mol. The summed E-state index contributed by atoms with van der Waals surface area (Å²) < 4.78 is 5.12. The molecule has 0 amide bonds. The molecule has 1 heterocycles. The number of aryl methyl sites for hydroxylation is 1. The molecule has 0 unspecified atom stereocenters. The molecule has 0 aromatic carbocycles. The van der Waals surface area contributed by atoms with Crippen molar-refractivity contribution >= 4 is 5.82 Å². The number of methoxy groups -OCH3 is 1. The molecule has 0 aliphatic carbocycles. The predicted molar refractivity (Wildman–Crippen MR) is 74.2 cm³/mol. The number of hydrogen-bond acceptors (Lipinski definition) is 5. The van der Waals surface area contributed by atoms with Gasteiger partial charge in [-0.25, -0.2) is 4.98 Å². The van der Waals surface area contributed by atoms with Crippen molar-refractivity contribution < 1.29 is 4.74 Å². The zero-order valence-electron chi connectivity index (χ0n) is 11.9. The molecular weight excluding hydrogens is 228 g/mol. The van der Waals surface area contributed by atoms with Gasteiger partial charge in [-0.15, -0.1) is 0 Å². The van der Waals surface area contributed by atoms with E-state index in [1.165, 1.54) is 6.42 Å². The number of rotatable bonds is 8. The van der Waals surface area contributed by atoms with E-state index >= 15 is 0 Å². The van der Waals surface area contributed by atoms with Gasteiger partial charge in [-0.1, -0.05) is 13.8 Å². The second kappa shape index (κ2) is 7.87. The second-order valence-electron chi connectivity index (χ2n) is 4.20. The highest BCUT2D eigenvalue weighted by Gasteiger charge is 2.03. The smallest absolute Gasteiger partial charge is 0.218 e. The van der Waals surface area contributed by atoms with Crippen LogP contribution in [0.2, 0.25) is 0 Å². The van der Waals surface area contributed by atoms with Crippen LogP contribution in [0.5, 0.6) is 5.88 Å². The summed E-state index contributed by atoms with van der Waals surface area (Å²) in [6.07, 6.45) is 1.19. The molecule has 1 rings (SSSR count). The van der Waals surface area contributed by atoms with Crippen LogP contribution in [0.1, 0.15) is 26.1 Å². The zero-order valence-corrected chi connectivity index (χ0v) is 11.9. The van der Waals surface area contributed by atoms with Crippen molar-refractivity contribution in [3.05, 3.63) is 11.9 Å². The molecular formula is C13H24N4O. The minimum Gasteiger partial charge on any atom is -0.481 e. The molecule has 5 nitrogen and oxygen atoms in total. The maximum absolute atomic E-state index is 5.12. The summed E-state index contributed by atoms with van der Waals surface area (Å²) in [6.45, 7) is 10.4. The Balaban J connectivity index is 2.45. The Morgan fingerprint density at radius 2 is 2.06 bits per heavy atom. The quantitative estimate of drug-likeness (QED) is 0.766. The average Bonchev–Trinajstić information content (AvgIpc) is 2.37. The molecule has 0 spiro atoms. The summed E-state index contributed by atoms with van der Waals surface area (Å²) in [6, 6.07) is 1.82. The summed E-state index contributed by atoms with van der Waals surface area (Å²) in [4.78, 5) is 10.9. The number of anilines is 1. The molecule has 0 saturated heterocycles. The number of nitrogens with one attached hydrogen (secondary N) is 1. The zero-order chi connectivity index (χ0) is 13.4. The summed E-state index contributed by atoms with van der Waals surface area (Å²) in [7, 11) is 1.62. The van der Waals surface area contributed by atoms with E-state index in [0.29, 0.717) is 5.88 Å². The second-order valence-corrected chi connectivity index (χ2v) is 4.20. The van der Waals surface area contributed by atoms with Gasteiger partial charge in [-0.2, -0.15) is 4.98 Å². The number of likely N-dealkylation sites (N-methyl/N-ethyl adjacent to an activating group) is 1. The fraction of sp³-hybridized carbons (Fsp3) is 0.692. The van der Waals surface area contributed by atoms with Crippen molar-refractivity contribution in [2.24, 2.45) is 0 Å². The third kappa shape index (κ3) is 4.87. The Hall–Kier alpha value is -1.36. The highest BCUT2D eigenvalue weighted by atomic mass is 16.5. The van der Waals surface area contributed by atoms with Gasteiger partial charge < -0.3 is 15.0 Å².